The number of fused-ring (bicyclic) bond motifs is 1. The van der Waals surface area contributed by atoms with Crippen LogP contribution in [0.25, 0.3) is 0 Å². The van der Waals surface area contributed by atoms with Gasteiger partial charge in [-0.15, -0.1) is 0 Å². The van der Waals surface area contributed by atoms with Crippen LogP contribution in [0.5, 0.6) is 0 Å². The molecule has 2 atom stereocenters. The van der Waals surface area contributed by atoms with Crippen LogP contribution in [0.4, 0.5) is 20.2 Å². The molecule has 0 radical (unpaired) electrons. The zero-order valence-electron chi connectivity index (χ0n) is 13.1. The summed E-state index contributed by atoms with van der Waals surface area (Å²) in [6, 6.07) is 7.47. The van der Waals surface area contributed by atoms with Crippen LogP contribution < -0.4 is 9.91 Å². The molecule has 2 aromatic rings. The molecule has 0 unspecified atom stereocenters. The van der Waals surface area contributed by atoms with Gasteiger partial charge in [0, 0.05) is 0 Å². The molecule has 1 fully saturated rings. The number of aryl methyl sites for hydroxylation is 1. The van der Waals surface area contributed by atoms with E-state index in [1.54, 1.807) is 19.1 Å². The van der Waals surface area contributed by atoms with Gasteiger partial charge in [0.1, 0.15) is 11.6 Å². The number of halogens is 2. The van der Waals surface area contributed by atoms with Gasteiger partial charge in [-0.3, -0.25) is 9.59 Å². The highest BCUT2D eigenvalue weighted by Gasteiger charge is 2.55. The number of hydrogen-bond acceptors (Lipinski definition) is 5. The van der Waals surface area contributed by atoms with Crippen LogP contribution in [0.2, 0.25) is 0 Å². The third kappa shape index (κ3) is 2.29. The van der Waals surface area contributed by atoms with Crippen LogP contribution in [0.3, 0.4) is 0 Å². The number of carbonyl (C=O) groups is 2. The molecular formula is C17H12F2N4O2. The molecule has 0 spiro atoms. The Bertz CT molecular complexity index is 913. The molecule has 0 bridgehead atoms. The third-order valence-corrected chi connectivity index (χ3v) is 4.29. The Kier molecular flexibility index (Phi) is 3.34. The molecule has 126 valence electrons. The Morgan fingerprint density at radius 3 is 2.32 bits per heavy atom. The molecule has 0 aliphatic carbocycles. The lowest BCUT2D eigenvalue weighted by Crippen LogP contribution is -2.40. The first-order valence-electron chi connectivity index (χ1n) is 7.57. The van der Waals surface area contributed by atoms with Crippen molar-refractivity contribution in [3.05, 3.63) is 59.7 Å². The number of nitrogens with zero attached hydrogens (tertiary/aromatic N) is 4. The number of benzene rings is 2. The maximum atomic E-state index is 13.8. The Morgan fingerprint density at radius 1 is 0.960 bits per heavy atom. The van der Waals surface area contributed by atoms with Gasteiger partial charge in [0.25, 0.3) is 11.8 Å². The summed E-state index contributed by atoms with van der Waals surface area (Å²) in [5, 5.41) is 8.99. The zero-order valence-corrected chi connectivity index (χ0v) is 13.1. The van der Waals surface area contributed by atoms with E-state index in [4.69, 9.17) is 0 Å². The van der Waals surface area contributed by atoms with E-state index in [1.807, 2.05) is 0 Å². The van der Waals surface area contributed by atoms with Crippen LogP contribution in [-0.2, 0) is 9.59 Å². The number of rotatable bonds is 2. The van der Waals surface area contributed by atoms with Crippen LogP contribution >= 0.6 is 0 Å². The van der Waals surface area contributed by atoms with E-state index in [2.05, 4.69) is 10.3 Å². The van der Waals surface area contributed by atoms with Crippen molar-refractivity contribution < 1.29 is 18.4 Å². The molecule has 0 aromatic heterocycles. The number of hydrogen-bond donors (Lipinski definition) is 0. The predicted octanol–water partition coefficient (Wildman–Crippen LogP) is 2.77. The SMILES string of the molecule is Cc1ccc(N2N=N[C@@H]3C(=O)N(c4ccc(F)cc4)C(=O)[C@H]32)cc1F. The molecule has 25 heavy (non-hydrogen) atoms. The third-order valence-electron chi connectivity index (χ3n) is 4.29. The molecule has 2 aliphatic heterocycles. The molecule has 2 aromatic carbocycles. The highest BCUT2D eigenvalue weighted by atomic mass is 19.1. The van der Waals surface area contributed by atoms with Gasteiger partial charge in [0.05, 0.1) is 11.4 Å². The fraction of sp³-hybridized carbons (Fsp3) is 0.176. The quantitative estimate of drug-likeness (QED) is 0.788. The monoisotopic (exact) mass is 342 g/mol. The molecule has 2 heterocycles. The first kappa shape index (κ1) is 15.4. The average Bonchev–Trinajstić information content (AvgIpc) is 3.13. The maximum absolute atomic E-state index is 13.8. The second-order valence-corrected chi connectivity index (χ2v) is 5.86. The first-order valence-corrected chi connectivity index (χ1v) is 7.57. The fourth-order valence-corrected chi connectivity index (χ4v) is 2.94. The normalized spacial score (nSPS) is 22.0. The first-order chi connectivity index (χ1) is 12.0. The Labute approximate surface area is 141 Å². The van der Waals surface area contributed by atoms with Crippen molar-refractivity contribution in [2.45, 2.75) is 19.0 Å². The number of carbonyl (C=O) groups excluding carboxylic acids is 2. The highest BCUT2D eigenvalue weighted by Crippen LogP contribution is 2.35. The fourth-order valence-electron chi connectivity index (χ4n) is 2.94. The summed E-state index contributed by atoms with van der Waals surface area (Å²) in [4.78, 5) is 26.3. The van der Waals surface area contributed by atoms with E-state index >= 15 is 0 Å². The van der Waals surface area contributed by atoms with Gasteiger partial charge >= 0.3 is 0 Å². The van der Waals surface area contributed by atoms with E-state index in [-0.39, 0.29) is 5.69 Å². The zero-order chi connectivity index (χ0) is 17.7. The minimum absolute atomic E-state index is 0.260. The summed E-state index contributed by atoms with van der Waals surface area (Å²) in [5.74, 6) is -1.99. The number of anilines is 2. The van der Waals surface area contributed by atoms with Gasteiger partial charge < -0.3 is 0 Å². The van der Waals surface area contributed by atoms with E-state index in [0.717, 1.165) is 4.90 Å². The summed E-state index contributed by atoms with van der Waals surface area (Å²) in [5.41, 5.74) is 1.05. The van der Waals surface area contributed by atoms with Crippen molar-refractivity contribution in [3.8, 4) is 0 Å². The van der Waals surface area contributed by atoms with E-state index in [9.17, 15) is 18.4 Å². The van der Waals surface area contributed by atoms with E-state index in [1.165, 1.54) is 35.3 Å². The minimum Gasteiger partial charge on any atom is -0.271 e. The summed E-state index contributed by atoms with van der Waals surface area (Å²) < 4.78 is 26.9. The Balaban J connectivity index is 1.70. The molecule has 2 amide bonds. The smallest absolute Gasteiger partial charge is 0.263 e. The summed E-state index contributed by atoms with van der Waals surface area (Å²) in [6.45, 7) is 1.62. The second-order valence-electron chi connectivity index (χ2n) is 5.86. The maximum Gasteiger partial charge on any atom is 0.263 e. The topological polar surface area (TPSA) is 65.3 Å². The molecule has 0 N–H and O–H groups in total. The molecule has 1 saturated heterocycles. The van der Waals surface area contributed by atoms with Crippen molar-refractivity contribution in [1.29, 1.82) is 0 Å². The molecule has 6 nitrogen and oxygen atoms in total. The molecule has 0 saturated carbocycles. The second kappa shape index (κ2) is 5.44. The van der Waals surface area contributed by atoms with Gasteiger partial charge in [0.15, 0.2) is 12.1 Å². The molecule has 2 aliphatic rings. The van der Waals surface area contributed by atoms with Gasteiger partial charge in [0.2, 0.25) is 0 Å². The number of imide groups is 1. The highest BCUT2D eigenvalue weighted by molar-refractivity contribution is 6.26. The van der Waals surface area contributed by atoms with E-state index < -0.39 is 35.5 Å². The minimum atomic E-state index is -0.998. The molecular weight excluding hydrogens is 330 g/mol. The van der Waals surface area contributed by atoms with E-state index in [0.29, 0.717) is 11.3 Å². The Hall–Kier alpha value is -3.16. The van der Waals surface area contributed by atoms with Crippen molar-refractivity contribution in [3.63, 3.8) is 0 Å². The summed E-state index contributed by atoms with van der Waals surface area (Å²) >= 11 is 0. The van der Waals surface area contributed by atoms with Gasteiger partial charge in [-0.2, -0.15) is 5.11 Å². The van der Waals surface area contributed by atoms with Crippen LogP contribution in [0.15, 0.2) is 52.8 Å². The summed E-state index contributed by atoms with van der Waals surface area (Å²) in [6.07, 6.45) is 0. The Morgan fingerprint density at radius 2 is 1.64 bits per heavy atom. The predicted molar refractivity (Wildman–Crippen MR) is 84.9 cm³/mol. The molecule has 8 heteroatoms. The lowest BCUT2D eigenvalue weighted by Gasteiger charge is -2.20. The standard InChI is InChI=1S/C17H12F2N4O2/c1-9-2-5-12(8-13(9)19)23-15-14(20-21-23)16(24)22(17(15)25)11-6-3-10(18)4-7-11/h2-8,14-15H,1H3/t14-,15-/m0/s1. The van der Waals surface area contributed by atoms with Crippen molar-refractivity contribution in [2.75, 3.05) is 9.91 Å². The van der Waals surface area contributed by atoms with Crippen molar-refractivity contribution in [2.24, 2.45) is 10.3 Å². The van der Waals surface area contributed by atoms with Crippen molar-refractivity contribution in [1.82, 2.24) is 0 Å². The van der Waals surface area contributed by atoms with Gasteiger partial charge in [-0.1, -0.05) is 11.3 Å². The van der Waals surface area contributed by atoms with Crippen LogP contribution in [0, 0.1) is 18.6 Å². The lowest BCUT2D eigenvalue weighted by atomic mass is 10.1. The van der Waals surface area contributed by atoms with Gasteiger partial charge in [-0.05, 0) is 48.9 Å². The largest absolute Gasteiger partial charge is 0.271 e. The summed E-state index contributed by atoms with van der Waals surface area (Å²) in [7, 11) is 0. The average molecular weight is 342 g/mol. The van der Waals surface area contributed by atoms with Crippen LogP contribution in [0.1, 0.15) is 5.56 Å². The number of amides is 2. The molecule has 4 rings (SSSR count). The van der Waals surface area contributed by atoms with Crippen LogP contribution in [-0.4, -0.2) is 23.9 Å². The van der Waals surface area contributed by atoms with Crippen molar-refractivity contribution >= 4 is 23.2 Å². The lowest BCUT2D eigenvalue weighted by molar-refractivity contribution is -0.121. The van der Waals surface area contributed by atoms with Gasteiger partial charge in [-0.25, -0.2) is 18.7 Å².